The molecule has 224 valence electrons. The summed E-state index contributed by atoms with van der Waals surface area (Å²) in [4.78, 5) is 51.5. The molecular weight excluding hydrogens is 536 g/mol. The summed E-state index contributed by atoms with van der Waals surface area (Å²) in [5.74, 6) is -1.03. The molecule has 0 aromatic heterocycles. The van der Waals surface area contributed by atoms with E-state index >= 15 is 0 Å². The summed E-state index contributed by atoms with van der Waals surface area (Å²) in [6, 6.07) is 6.74. The molecule has 11 heteroatoms. The fourth-order valence-electron chi connectivity index (χ4n) is 4.55. The van der Waals surface area contributed by atoms with Gasteiger partial charge >= 0.3 is 6.09 Å². The summed E-state index contributed by atoms with van der Waals surface area (Å²) in [6.07, 6.45) is -0.0556. The van der Waals surface area contributed by atoms with E-state index in [0.29, 0.717) is 25.8 Å². The van der Waals surface area contributed by atoms with Crippen LogP contribution in [-0.4, -0.2) is 66.1 Å². The van der Waals surface area contributed by atoms with Crippen molar-refractivity contribution < 1.29 is 28.7 Å². The van der Waals surface area contributed by atoms with Gasteiger partial charge in [-0.2, -0.15) is 0 Å². The second kappa shape index (κ2) is 15.8. The number of ether oxygens (including phenoxy) is 2. The van der Waals surface area contributed by atoms with Crippen LogP contribution in [-0.2, 0) is 30.5 Å². The van der Waals surface area contributed by atoms with Crippen molar-refractivity contribution >= 4 is 35.4 Å². The highest BCUT2D eigenvalue weighted by Crippen LogP contribution is 2.18. The van der Waals surface area contributed by atoms with Crippen molar-refractivity contribution in [3.05, 3.63) is 35.9 Å². The fraction of sp³-hybridized carbons (Fsp3) is 0.655. The largest absolute Gasteiger partial charge is 0.445 e. The van der Waals surface area contributed by atoms with Crippen LogP contribution in [0.4, 0.5) is 4.79 Å². The van der Waals surface area contributed by atoms with Gasteiger partial charge < -0.3 is 30.7 Å². The van der Waals surface area contributed by atoms with Crippen LogP contribution in [0.25, 0.3) is 0 Å². The molecule has 1 aliphatic rings. The predicted octanol–water partition coefficient (Wildman–Crippen LogP) is 3.27. The molecule has 0 bridgehead atoms. The molecule has 1 fully saturated rings. The van der Waals surface area contributed by atoms with Gasteiger partial charge in [0.15, 0.2) is 0 Å². The van der Waals surface area contributed by atoms with Crippen LogP contribution >= 0.6 is 11.6 Å². The first-order valence-corrected chi connectivity index (χ1v) is 14.4. The number of carbonyl (C=O) groups is 4. The van der Waals surface area contributed by atoms with Gasteiger partial charge in [0.05, 0.1) is 11.7 Å². The highest BCUT2D eigenvalue weighted by atomic mass is 35.5. The summed E-state index contributed by atoms with van der Waals surface area (Å²) < 4.78 is 11.3. The number of halogens is 1. The minimum atomic E-state index is -1.13. The minimum absolute atomic E-state index is 0.0345. The lowest BCUT2D eigenvalue weighted by molar-refractivity contribution is -0.135. The molecule has 1 aliphatic heterocycles. The highest BCUT2D eigenvalue weighted by molar-refractivity contribution is 6.18. The van der Waals surface area contributed by atoms with Gasteiger partial charge in [0.25, 0.3) is 0 Å². The van der Waals surface area contributed by atoms with Gasteiger partial charge in [0.1, 0.15) is 18.7 Å². The van der Waals surface area contributed by atoms with Crippen molar-refractivity contribution in [2.45, 2.75) is 97.2 Å². The Bertz CT molecular complexity index is 984. The zero-order valence-corrected chi connectivity index (χ0v) is 25.2. The van der Waals surface area contributed by atoms with E-state index in [1.54, 1.807) is 6.92 Å². The van der Waals surface area contributed by atoms with Crippen LogP contribution in [0.2, 0.25) is 0 Å². The molecule has 2 rings (SSSR count). The van der Waals surface area contributed by atoms with Crippen LogP contribution in [0.15, 0.2) is 30.3 Å². The Morgan fingerprint density at radius 1 is 1.05 bits per heavy atom. The van der Waals surface area contributed by atoms with Crippen molar-refractivity contribution in [1.82, 2.24) is 21.3 Å². The molecule has 4 N–H and O–H groups in total. The molecule has 1 heterocycles. The number of hydrogen-bond acceptors (Lipinski definition) is 6. The van der Waals surface area contributed by atoms with Gasteiger partial charge in [-0.05, 0) is 58.4 Å². The van der Waals surface area contributed by atoms with Gasteiger partial charge in [-0.15, -0.1) is 11.6 Å². The Kier molecular flexibility index (Phi) is 13.2. The molecule has 1 aromatic rings. The standard InChI is InChI=1S/C29H45ClN4O6/c1-18(2)14-23(26(36)32-22(16-30)15-21-12-13-31-25(21)35)33-27(37)24(19(3)40-29(4,5)6)34-28(38)39-17-20-10-8-7-9-11-20/h7-11,18-19,21-24H,12-17H2,1-6H3,(H,31,35)(H,32,36)(H,33,37)(H,34,38)/t19?,21-,22-,23-,24-/m0/s1. The first-order chi connectivity index (χ1) is 18.8. The number of nitrogens with one attached hydrogen (secondary N) is 4. The van der Waals surface area contributed by atoms with Crippen molar-refractivity contribution in [1.29, 1.82) is 0 Å². The van der Waals surface area contributed by atoms with E-state index in [1.165, 1.54) is 0 Å². The Morgan fingerprint density at radius 2 is 1.73 bits per heavy atom. The van der Waals surface area contributed by atoms with E-state index in [9.17, 15) is 19.2 Å². The summed E-state index contributed by atoms with van der Waals surface area (Å²) in [5.41, 5.74) is 0.206. The SMILES string of the molecule is CC(C)C[C@H](NC(=O)[C@@H](NC(=O)OCc1ccccc1)C(C)OC(C)(C)C)C(=O)N[C@H](CCl)C[C@@H]1CCNC1=O. The zero-order chi connectivity index (χ0) is 29.9. The number of carbonyl (C=O) groups excluding carboxylic acids is 4. The monoisotopic (exact) mass is 580 g/mol. The third-order valence-electron chi connectivity index (χ3n) is 6.38. The molecule has 4 amide bonds. The van der Waals surface area contributed by atoms with E-state index in [2.05, 4.69) is 21.3 Å². The normalized spacial score (nSPS) is 18.3. The first-order valence-electron chi connectivity index (χ1n) is 13.9. The third kappa shape index (κ3) is 11.7. The van der Waals surface area contributed by atoms with Gasteiger partial charge in [0.2, 0.25) is 17.7 Å². The molecule has 5 atom stereocenters. The van der Waals surface area contributed by atoms with E-state index < -0.39 is 47.7 Å². The fourth-order valence-corrected chi connectivity index (χ4v) is 4.76. The summed E-state index contributed by atoms with van der Waals surface area (Å²) in [6.45, 7) is 11.7. The topological polar surface area (TPSA) is 135 Å². The van der Waals surface area contributed by atoms with E-state index in [1.807, 2.05) is 65.0 Å². The van der Waals surface area contributed by atoms with Crippen LogP contribution in [0.1, 0.15) is 66.4 Å². The van der Waals surface area contributed by atoms with Gasteiger partial charge in [-0.25, -0.2) is 4.79 Å². The number of benzene rings is 1. The molecular formula is C29H45ClN4O6. The first kappa shape index (κ1) is 33.4. The van der Waals surface area contributed by atoms with E-state index in [0.717, 1.165) is 5.56 Å². The maximum absolute atomic E-state index is 13.5. The molecule has 1 saturated heterocycles. The second-order valence-corrected chi connectivity index (χ2v) is 12.0. The molecule has 1 unspecified atom stereocenters. The second-order valence-electron chi connectivity index (χ2n) is 11.7. The number of hydrogen-bond donors (Lipinski definition) is 4. The quantitative estimate of drug-likeness (QED) is 0.250. The molecule has 10 nitrogen and oxygen atoms in total. The van der Waals surface area contributed by atoms with Crippen molar-refractivity contribution in [3.63, 3.8) is 0 Å². The molecule has 0 spiro atoms. The summed E-state index contributed by atoms with van der Waals surface area (Å²) in [7, 11) is 0. The van der Waals surface area contributed by atoms with Crippen molar-refractivity contribution in [2.24, 2.45) is 11.8 Å². The number of alkyl carbamates (subject to hydrolysis) is 1. The molecule has 0 saturated carbocycles. The predicted molar refractivity (Wildman–Crippen MR) is 154 cm³/mol. The Morgan fingerprint density at radius 3 is 2.27 bits per heavy atom. The Labute approximate surface area is 242 Å². The number of amides is 4. The average Bonchev–Trinajstić information content (AvgIpc) is 3.28. The molecule has 40 heavy (non-hydrogen) atoms. The lowest BCUT2D eigenvalue weighted by Crippen LogP contribution is -2.59. The Balaban J connectivity index is 2.12. The van der Waals surface area contributed by atoms with Crippen LogP contribution in [0.5, 0.6) is 0 Å². The lowest BCUT2D eigenvalue weighted by atomic mass is 9.98. The maximum Gasteiger partial charge on any atom is 0.408 e. The minimum Gasteiger partial charge on any atom is -0.445 e. The van der Waals surface area contributed by atoms with Crippen molar-refractivity contribution in [2.75, 3.05) is 12.4 Å². The highest BCUT2D eigenvalue weighted by Gasteiger charge is 2.35. The van der Waals surface area contributed by atoms with Crippen LogP contribution < -0.4 is 21.3 Å². The summed E-state index contributed by atoms with van der Waals surface area (Å²) in [5, 5.41) is 11.1. The van der Waals surface area contributed by atoms with Gasteiger partial charge in [-0.3, -0.25) is 14.4 Å². The summed E-state index contributed by atoms with van der Waals surface area (Å²) >= 11 is 6.13. The smallest absolute Gasteiger partial charge is 0.408 e. The van der Waals surface area contributed by atoms with Crippen LogP contribution in [0.3, 0.4) is 0 Å². The average molecular weight is 581 g/mol. The van der Waals surface area contributed by atoms with E-state index in [-0.39, 0.29) is 30.2 Å². The lowest BCUT2D eigenvalue weighted by Gasteiger charge is -2.32. The molecule has 0 radical (unpaired) electrons. The maximum atomic E-state index is 13.5. The van der Waals surface area contributed by atoms with Gasteiger partial charge in [0, 0.05) is 24.4 Å². The van der Waals surface area contributed by atoms with Crippen LogP contribution in [0, 0.1) is 11.8 Å². The molecule has 0 aliphatic carbocycles. The van der Waals surface area contributed by atoms with Crippen molar-refractivity contribution in [3.8, 4) is 0 Å². The number of rotatable bonds is 14. The third-order valence-corrected chi connectivity index (χ3v) is 6.75. The Hall–Kier alpha value is -2.85. The number of alkyl halides is 1. The molecule has 1 aromatic carbocycles. The zero-order valence-electron chi connectivity index (χ0n) is 24.4. The van der Waals surface area contributed by atoms with Gasteiger partial charge in [-0.1, -0.05) is 44.2 Å². The van der Waals surface area contributed by atoms with E-state index in [4.69, 9.17) is 21.1 Å².